The summed E-state index contributed by atoms with van der Waals surface area (Å²) in [5.41, 5.74) is 0.466. The molecule has 0 aliphatic rings. The van der Waals surface area contributed by atoms with Crippen molar-refractivity contribution in [3.63, 3.8) is 0 Å². The molecule has 22 heavy (non-hydrogen) atoms. The monoisotopic (exact) mass is 321 g/mol. The fourth-order valence-electron chi connectivity index (χ4n) is 2.11. The third-order valence-corrected chi connectivity index (χ3v) is 3.90. The van der Waals surface area contributed by atoms with Crippen molar-refractivity contribution in [2.45, 2.75) is 25.4 Å². The van der Waals surface area contributed by atoms with Gasteiger partial charge >= 0.3 is 0 Å². The molecule has 0 spiro atoms. The smallest absolute Gasteiger partial charge is 0.220 e. The zero-order valence-corrected chi connectivity index (χ0v) is 13.5. The van der Waals surface area contributed by atoms with Gasteiger partial charge in [-0.1, -0.05) is 29.8 Å². The molecule has 0 fully saturated rings. The van der Waals surface area contributed by atoms with Crippen LogP contribution in [0.2, 0.25) is 5.02 Å². The van der Waals surface area contributed by atoms with Crippen molar-refractivity contribution in [2.24, 2.45) is 7.05 Å². The minimum Gasteiger partial charge on any atom is -0.383 e. The number of nitrogens with zero attached hydrogens (tertiary/aromatic N) is 2. The Kier molecular flexibility index (Phi) is 5.21. The molecule has 6 heteroatoms. The van der Waals surface area contributed by atoms with E-state index in [1.807, 2.05) is 24.3 Å². The number of benzene rings is 1. The standard InChI is InChI=1S/C16H20ClN3O2/c1-16(22,13-9-19-20(2)10-13)11-18-15(21)8-7-12-5-3-4-6-14(12)17/h3-6,9-10,22H,7-8,11H2,1-2H3,(H,18,21). The molecule has 118 valence electrons. The van der Waals surface area contributed by atoms with E-state index >= 15 is 0 Å². The molecule has 1 heterocycles. The first-order chi connectivity index (χ1) is 10.4. The normalized spacial score (nSPS) is 13.6. The van der Waals surface area contributed by atoms with Gasteiger partial charge in [0.1, 0.15) is 5.60 Å². The van der Waals surface area contributed by atoms with Crippen molar-refractivity contribution in [1.29, 1.82) is 0 Å². The van der Waals surface area contributed by atoms with Gasteiger partial charge in [-0.2, -0.15) is 5.10 Å². The summed E-state index contributed by atoms with van der Waals surface area (Å²) in [7, 11) is 1.78. The molecular weight excluding hydrogens is 302 g/mol. The first kappa shape index (κ1) is 16.5. The fourth-order valence-corrected chi connectivity index (χ4v) is 2.34. The van der Waals surface area contributed by atoms with Crippen molar-refractivity contribution in [2.75, 3.05) is 6.54 Å². The zero-order chi connectivity index (χ0) is 16.2. The molecule has 0 saturated carbocycles. The summed E-state index contributed by atoms with van der Waals surface area (Å²) in [5, 5.41) is 17.8. The molecule has 1 amide bonds. The van der Waals surface area contributed by atoms with Crippen LogP contribution in [0, 0.1) is 0 Å². The molecule has 5 nitrogen and oxygen atoms in total. The van der Waals surface area contributed by atoms with E-state index in [0.717, 1.165) is 5.56 Å². The number of rotatable bonds is 6. The van der Waals surface area contributed by atoms with Gasteiger partial charge in [0.15, 0.2) is 0 Å². The molecule has 0 radical (unpaired) electrons. The topological polar surface area (TPSA) is 67.2 Å². The Balaban J connectivity index is 1.84. The van der Waals surface area contributed by atoms with Crippen LogP contribution in [0.4, 0.5) is 0 Å². The molecule has 0 aliphatic heterocycles. The Morgan fingerprint density at radius 2 is 2.18 bits per heavy atom. The first-order valence-corrected chi connectivity index (χ1v) is 7.48. The largest absolute Gasteiger partial charge is 0.383 e. The van der Waals surface area contributed by atoms with Crippen molar-refractivity contribution < 1.29 is 9.90 Å². The van der Waals surface area contributed by atoms with Crippen LogP contribution in [0.3, 0.4) is 0 Å². The van der Waals surface area contributed by atoms with Gasteiger partial charge in [-0.25, -0.2) is 0 Å². The summed E-state index contributed by atoms with van der Waals surface area (Å²) in [6.07, 6.45) is 4.22. The number of nitrogens with one attached hydrogen (secondary N) is 1. The van der Waals surface area contributed by atoms with Crippen LogP contribution in [-0.2, 0) is 23.9 Å². The molecule has 2 rings (SSSR count). The molecule has 0 bridgehead atoms. The van der Waals surface area contributed by atoms with E-state index in [9.17, 15) is 9.90 Å². The maximum Gasteiger partial charge on any atom is 0.220 e. The van der Waals surface area contributed by atoms with Crippen LogP contribution in [0.15, 0.2) is 36.7 Å². The Morgan fingerprint density at radius 3 is 2.82 bits per heavy atom. The Hall–Kier alpha value is -1.85. The quantitative estimate of drug-likeness (QED) is 0.855. The lowest BCUT2D eigenvalue weighted by Gasteiger charge is -2.22. The Morgan fingerprint density at radius 1 is 1.45 bits per heavy atom. The van der Waals surface area contributed by atoms with Crippen molar-refractivity contribution >= 4 is 17.5 Å². The summed E-state index contributed by atoms with van der Waals surface area (Å²) in [4.78, 5) is 11.9. The molecular formula is C16H20ClN3O2. The number of hydrogen-bond acceptors (Lipinski definition) is 3. The highest BCUT2D eigenvalue weighted by Crippen LogP contribution is 2.19. The second-order valence-electron chi connectivity index (χ2n) is 5.54. The third-order valence-electron chi connectivity index (χ3n) is 3.54. The number of carbonyl (C=O) groups is 1. The molecule has 1 aromatic heterocycles. The highest BCUT2D eigenvalue weighted by atomic mass is 35.5. The van der Waals surface area contributed by atoms with Crippen LogP contribution < -0.4 is 5.32 Å². The summed E-state index contributed by atoms with van der Waals surface area (Å²) in [6.45, 7) is 1.79. The number of amides is 1. The van der Waals surface area contributed by atoms with Gasteiger partial charge in [0.2, 0.25) is 5.91 Å². The lowest BCUT2D eigenvalue weighted by Crippen LogP contribution is -2.38. The lowest BCUT2D eigenvalue weighted by atomic mass is 9.99. The van der Waals surface area contributed by atoms with Gasteiger partial charge in [-0.05, 0) is 25.0 Å². The molecule has 0 saturated heterocycles. The van der Waals surface area contributed by atoms with Gasteiger partial charge < -0.3 is 10.4 Å². The van der Waals surface area contributed by atoms with E-state index in [-0.39, 0.29) is 12.5 Å². The first-order valence-electron chi connectivity index (χ1n) is 7.10. The number of aliphatic hydroxyl groups is 1. The Bertz CT molecular complexity index is 652. The number of aromatic nitrogens is 2. The molecule has 1 aromatic carbocycles. The van der Waals surface area contributed by atoms with E-state index < -0.39 is 5.60 Å². The van der Waals surface area contributed by atoms with Gasteiger partial charge in [0, 0.05) is 30.3 Å². The second kappa shape index (κ2) is 6.94. The van der Waals surface area contributed by atoms with Crippen LogP contribution >= 0.6 is 11.6 Å². The van der Waals surface area contributed by atoms with Gasteiger partial charge in [-0.3, -0.25) is 9.48 Å². The molecule has 2 N–H and O–H groups in total. The van der Waals surface area contributed by atoms with Crippen molar-refractivity contribution in [3.05, 3.63) is 52.8 Å². The summed E-state index contributed by atoms with van der Waals surface area (Å²) in [6, 6.07) is 7.46. The SMILES string of the molecule is Cn1cc(C(C)(O)CNC(=O)CCc2ccccc2Cl)cn1. The maximum atomic E-state index is 11.9. The van der Waals surface area contributed by atoms with Gasteiger partial charge in [-0.15, -0.1) is 0 Å². The highest BCUT2D eigenvalue weighted by Gasteiger charge is 2.25. The third kappa shape index (κ3) is 4.32. The highest BCUT2D eigenvalue weighted by molar-refractivity contribution is 6.31. The predicted molar refractivity (Wildman–Crippen MR) is 85.6 cm³/mol. The molecule has 2 aromatic rings. The van der Waals surface area contributed by atoms with E-state index in [0.29, 0.717) is 23.4 Å². The number of aryl methyl sites for hydroxylation is 2. The average molecular weight is 322 g/mol. The predicted octanol–water partition coefficient (Wildman–Crippen LogP) is 2.03. The van der Waals surface area contributed by atoms with E-state index in [2.05, 4.69) is 10.4 Å². The lowest BCUT2D eigenvalue weighted by molar-refractivity contribution is -0.122. The Labute approximate surface area is 134 Å². The minimum atomic E-state index is -1.14. The van der Waals surface area contributed by atoms with Crippen LogP contribution in [0.1, 0.15) is 24.5 Å². The van der Waals surface area contributed by atoms with Gasteiger partial charge in [0.25, 0.3) is 0 Å². The summed E-state index contributed by atoms with van der Waals surface area (Å²) >= 11 is 6.06. The van der Waals surface area contributed by atoms with E-state index in [1.54, 1.807) is 31.0 Å². The summed E-state index contributed by atoms with van der Waals surface area (Å²) in [5.74, 6) is -0.121. The average Bonchev–Trinajstić information content (AvgIpc) is 2.92. The second-order valence-corrected chi connectivity index (χ2v) is 5.95. The molecule has 1 unspecified atom stereocenters. The van der Waals surface area contributed by atoms with Crippen LogP contribution in [0.5, 0.6) is 0 Å². The molecule has 0 aliphatic carbocycles. The van der Waals surface area contributed by atoms with Gasteiger partial charge in [0.05, 0.1) is 12.7 Å². The zero-order valence-electron chi connectivity index (χ0n) is 12.7. The number of hydrogen-bond donors (Lipinski definition) is 2. The van der Waals surface area contributed by atoms with Crippen LogP contribution in [0.25, 0.3) is 0 Å². The van der Waals surface area contributed by atoms with E-state index in [4.69, 9.17) is 11.6 Å². The fraction of sp³-hybridized carbons (Fsp3) is 0.375. The number of halogens is 1. The molecule has 1 atom stereocenters. The minimum absolute atomic E-state index is 0.121. The van der Waals surface area contributed by atoms with Crippen molar-refractivity contribution in [1.82, 2.24) is 15.1 Å². The van der Waals surface area contributed by atoms with Crippen LogP contribution in [-0.4, -0.2) is 27.3 Å². The van der Waals surface area contributed by atoms with Crippen molar-refractivity contribution in [3.8, 4) is 0 Å². The maximum absolute atomic E-state index is 11.9. The number of carbonyl (C=O) groups excluding carboxylic acids is 1. The van der Waals surface area contributed by atoms with E-state index in [1.165, 1.54) is 0 Å². The summed E-state index contributed by atoms with van der Waals surface area (Å²) < 4.78 is 1.61.